The summed E-state index contributed by atoms with van der Waals surface area (Å²) in [5.74, 6) is -1.31. The van der Waals surface area contributed by atoms with Crippen molar-refractivity contribution in [2.24, 2.45) is 0 Å². The van der Waals surface area contributed by atoms with E-state index in [0.29, 0.717) is 28.6 Å². The van der Waals surface area contributed by atoms with Crippen molar-refractivity contribution in [2.75, 3.05) is 26.2 Å². The summed E-state index contributed by atoms with van der Waals surface area (Å²) in [6.45, 7) is 6.91. The van der Waals surface area contributed by atoms with Gasteiger partial charge in [-0.15, -0.1) is 11.3 Å². The molecule has 7 heteroatoms. The van der Waals surface area contributed by atoms with Crippen molar-refractivity contribution in [3.05, 3.63) is 68.6 Å². The minimum Gasteiger partial charge on any atom is -0.503 e. The zero-order chi connectivity index (χ0) is 20.3. The molecular formula is C21H23ClN2O3S. The standard InChI is InChI=1S/C21H23ClN2O3S/c1-3-23(4-2)10-11-24-18(14-7-5-8-15(22)13-14)17(20(26)21(24)27)19(25)16-9-6-12-28-16/h5-9,12-13,18,26H,3-4,10-11H2,1-2H3/t18-/m1/s1. The number of carbonyl (C=O) groups is 2. The van der Waals surface area contributed by atoms with Crippen LogP contribution in [0.15, 0.2) is 53.1 Å². The van der Waals surface area contributed by atoms with Crippen LogP contribution in [-0.4, -0.2) is 52.8 Å². The summed E-state index contributed by atoms with van der Waals surface area (Å²) >= 11 is 7.46. The summed E-state index contributed by atoms with van der Waals surface area (Å²) in [6, 6.07) is 9.92. The Hall–Kier alpha value is -2.15. The number of likely N-dealkylation sites (N-methyl/N-ethyl adjacent to an activating group) is 1. The number of aliphatic hydroxyl groups excluding tert-OH is 1. The molecule has 0 radical (unpaired) electrons. The molecule has 1 amide bonds. The fraction of sp³-hybridized carbons (Fsp3) is 0.333. The van der Waals surface area contributed by atoms with E-state index in [1.54, 1.807) is 40.6 Å². The van der Waals surface area contributed by atoms with Crippen LogP contribution in [0, 0.1) is 0 Å². The molecule has 2 aromatic rings. The van der Waals surface area contributed by atoms with Gasteiger partial charge in [0, 0.05) is 18.1 Å². The zero-order valence-electron chi connectivity index (χ0n) is 15.9. The molecule has 0 spiro atoms. The van der Waals surface area contributed by atoms with Gasteiger partial charge in [-0.3, -0.25) is 9.59 Å². The maximum Gasteiger partial charge on any atom is 0.290 e. The molecule has 28 heavy (non-hydrogen) atoms. The van der Waals surface area contributed by atoms with E-state index in [4.69, 9.17) is 11.6 Å². The van der Waals surface area contributed by atoms with Crippen molar-refractivity contribution < 1.29 is 14.7 Å². The van der Waals surface area contributed by atoms with Crippen LogP contribution in [0.4, 0.5) is 0 Å². The number of nitrogens with zero attached hydrogens (tertiary/aromatic N) is 2. The lowest BCUT2D eigenvalue weighted by Gasteiger charge is -2.29. The van der Waals surface area contributed by atoms with Crippen LogP contribution >= 0.6 is 22.9 Å². The highest BCUT2D eigenvalue weighted by atomic mass is 35.5. The second kappa shape index (κ2) is 8.90. The van der Waals surface area contributed by atoms with Gasteiger partial charge in [0.15, 0.2) is 5.76 Å². The second-order valence-corrected chi connectivity index (χ2v) is 7.94. The summed E-state index contributed by atoms with van der Waals surface area (Å²) in [5, 5.41) is 12.9. The number of amides is 1. The van der Waals surface area contributed by atoms with Gasteiger partial charge >= 0.3 is 0 Å². The van der Waals surface area contributed by atoms with Crippen molar-refractivity contribution in [2.45, 2.75) is 19.9 Å². The number of rotatable bonds is 8. The molecular weight excluding hydrogens is 396 g/mol. The summed E-state index contributed by atoms with van der Waals surface area (Å²) in [6.07, 6.45) is 0. The van der Waals surface area contributed by atoms with E-state index in [-0.39, 0.29) is 11.4 Å². The molecule has 0 bridgehead atoms. The van der Waals surface area contributed by atoms with E-state index in [1.807, 2.05) is 6.07 Å². The fourth-order valence-corrected chi connectivity index (χ4v) is 4.35. The number of hydrogen-bond acceptors (Lipinski definition) is 5. The Morgan fingerprint density at radius 3 is 2.61 bits per heavy atom. The monoisotopic (exact) mass is 418 g/mol. The third-order valence-electron chi connectivity index (χ3n) is 5.01. The topological polar surface area (TPSA) is 60.9 Å². The first-order valence-electron chi connectivity index (χ1n) is 9.28. The molecule has 0 unspecified atom stereocenters. The van der Waals surface area contributed by atoms with E-state index >= 15 is 0 Å². The Morgan fingerprint density at radius 2 is 2.00 bits per heavy atom. The van der Waals surface area contributed by atoms with Gasteiger partial charge in [-0.25, -0.2) is 0 Å². The molecule has 1 atom stereocenters. The van der Waals surface area contributed by atoms with Gasteiger partial charge in [-0.1, -0.05) is 43.6 Å². The van der Waals surface area contributed by atoms with E-state index in [0.717, 1.165) is 13.1 Å². The number of hydrogen-bond donors (Lipinski definition) is 1. The van der Waals surface area contributed by atoms with Crippen LogP contribution in [-0.2, 0) is 4.79 Å². The number of Topliss-reactive ketones (excluding diaryl/α,β-unsaturated/α-hetero) is 1. The number of aliphatic hydroxyl groups is 1. The van der Waals surface area contributed by atoms with Crippen molar-refractivity contribution in [1.82, 2.24) is 9.80 Å². The van der Waals surface area contributed by atoms with Gasteiger partial charge in [0.2, 0.25) is 5.78 Å². The van der Waals surface area contributed by atoms with Crippen molar-refractivity contribution >= 4 is 34.6 Å². The molecule has 1 aliphatic rings. The first-order chi connectivity index (χ1) is 13.5. The third kappa shape index (κ3) is 3.99. The first-order valence-corrected chi connectivity index (χ1v) is 10.5. The van der Waals surface area contributed by atoms with E-state index in [1.165, 1.54) is 11.3 Å². The molecule has 1 aromatic heterocycles. The molecule has 1 aliphatic heterocycles. The fourth-order valence-electron chi connectivity index (χ4n) is 3.47. The molecule has 2 heterocycles. The average Bonchev–Trinajstić information content (AvgIpc) is 3.31. The molecule has 0 fully saturated rings. The molecule has 5 nitrogen and oxygen atoms in total. The van der Waals surface area contributed by atoms with Gasteiger partial charge in [0.05, 0.1) is 16.5 Å². The number of benzene rings is 1. The predicted octanol–water partition coefficient (Wildman–Crippen LogP) is 4.32. The Bertz CT molecular complexity index is 891. The molecule has 3 rings (SSSR count). The largest absolute Gasteiger partial charge is 0.503 e. The smallest absolute Gasteiger partial charge is 0.290 e. The third-order valence-corrected chi connectivity index (χ3v) is 6.11. The molecule has 148 valence electrons. The normalized spacial score (nSPS) is 17.1. The Morgan fingerprint density at radius 1 is 1.25 bits per heavy atom. The summed E-state index contributed by atoms with van der Waals surface area (Å²) < 4.78 is 0. The van der Waals surface area contributed by atoms with Crippen LogP contribution in [0.5, 0.6) is 0 Å². The van der Waals surface area contributed by atoms with Crippen LogP contribution in [0.2, 0.25) is 5.02 Å². The number of halogens is 1. The lowest BCUT2D eigenvalue weighted by atomic mass is 9.95. The van der Waals surface area contributed by atoms with Gasteiger partial charge in [-0.2, -0.15) is 0 Å². The van der Waals surface area contributed by atoms with Crippen LogP contribution in [0.25, 0.3) is 0 Å². The lowest BCUT2D eigenvalue weighted by molar-refractivity contribution is -0.129. The maximum absolute atomic E-state index is 13.1. The van der Waals surface area contributed by atoms with Gasteiger partial charge in [-0.05, 0) is 42.2 Å². The zero-order valence-corrected chi connectivity index (χ0v) is 17.5. The number of carbonyl (C=O) groups excluding carboxylic acids is 2. The van der Waals surface area contributed by atoms with Crippen molar-refractivity contribution in [3.63, 3.8) is 0 Å². The highest BCUT2D eigenvalue weighted by Gasteiger charge is 2.43. The SMILES string of the molecule is CCN(CC)CCN1C(=O)C(O)=C(C(=O)c2cccs2)[C@H]1c1cccc(Cl)c1. The summed E-state index contributed by atoms with van der Waals surface area (Å²) in [7, 11) is 0. The van der Waals surface area contributed by atoms with Crippen molar-refractivity contribution in [3.8, 4) is 0 Å². The second-order valence-electron chi connectivity index (χ2n) is 6.55. The van der Waals surface area contributed by atoms with Crippen LogP contribution < -0.4 is 0 Å². The summed E-state index contributed by atoms with van der Waals surface area (Å²) in [5.41, 5.74) is 0.832. The van der Waals surface area contributed by atoms with Gasteiger partial charge in [0.25, 0.3) is 5.91 Å². The van der Waals surface area contributed by atoms with E-state index in [9.17, 15) is 14.7 Å². The molecule has 1 N–H and O–H groups in total. The predicted molar refractivity (Wildman–Crippen MR) is 112 cm³/mol. The van der Waals surface area contributed by atoms with Crippen LogP contribution in [0.3, 0.4) is 0 Å². The molecule has 1 aromatic carbocycles. The average molecular weight is 419 g/mol. The van der Waals surface area contributed by atoms with E-state index in [2.05, 4.69) is 18.7 Å². The molecule has 0 saturated carbocycles. The highest BCUT2D eigenvalue weighted by Crippen LogP contribution is 2.39. The molecule has 0 saturated heterocycles. The van der Waals surface area contributed by atoms with Gasteiger partial charge < -0.3 is 14.9 Å². The quantitative estimate of drug-likeness (QED) is 0.648. The Balaban J connectivity index is 2.01. The highest BCUT2D eigenvalue weighted by molar-refractivity contribution is 7.12. The minimum absolute atomic E-state index is 0.120. The maximum atomic E-state index is 13.1. The summed E-state index contributed by atoms with van der Waals surface area (Å²) in [4.78, 5) is 30.2. The lowest BCUT2D eigenvalue weighted by Crippen LogP contribution is -2.38. The van der Waals surface area contributed by atoms with Gasteiger partial charge in [0.1, 0.15) is 0 Å². The van der Waals surface area contributed by atoms with E-state index < -0.39 is 17.7 Å². The Kier molecular flexibility index (Phi) is 6.54. The number of thiophene rings is 1. The Labute approximate surface area is 173 Å². The van der Waals surface area contributed by atoms with Crippen molar-refractivity contribution in [1.29, 1.82) is 0 Å². The molecule has 0 aliphatic carbocycles. The minimum atomic E-state index is -0.656. The first kappa shape index (κ1) is 20.6. The van der Waals surface area contributed by atoms with Crippen LogP contribution in [0.1, 0.15) is 35.1 Å². The number of ketones is 1.